The van der Waals surface area contributed by atoms with Crippen LogP contribution in [0.15, 0.2) is 0 Å². The number of hydrogen-bond donors (Lipinski definition) is 3. The van der Waals surface area contributed by atoms with Crippen molar-refractivity contribution >= 4 is 11.9 Å². The van der Waals surface area contributed by atoms with Crippen molar-refractivity contribution in [3.05, 3.63) is 11.6 Å². The van der Waals surface area contributed by atoms with Crippen molar-refractivity contribution < 1.29 is 19.8 Å². The standard InChI is InChI=1S/C10H14N4O4/c1-2-7-11-8(13-12-7)9(16)14-4-5(15)3-6(14)10(17)18/h5-6,15H,2-4H2,1H3,(H,17,18)(H,11,12,13)/t5-,6+/m1/s1. The van der Waals surface area contributed by atoms with Crippen LogP contribution >= 0.6 is 0 Å². The molecular weight excluding hydrogens is 240 g/mol. The van der Waals surface area contributed by atoms with Crippen LogP contribution in [0.25, 0.3) is 0 Å². The smallest absolute Gasteiger partial charge is 0.326 e. The number of amides is 1. The molecule has 0 aromatic carbocycles. The van der Waals surface area contributed by atoms with E-state index in [2.05, 4.69) is 15.2 Å². The maximum atomic E-state index is 12.0. The van der Waals surface area contributed by atoms with Crippen LogP contribution in [0.1, 0.15) is 29.8 Å². The predicted molar refractivity (Wildman–Crippen MR) is 58.8 cm³/mol. The number of nitrogens with zero attached hydrogens (tertiary/aromatic N) is 3. The van der Waals surface area contributed by atoms with Crippen LogP contribution in [0.3, 0.4) is 0 Å². The molecule has 18 heavy (non-hydrogen) atoms. The Labute approximate surface area is 103 Å². The second-order valence-electron chi connectivity index (χ2n) is 4.16. The third-order valence-electron chi connectivity index (χ3n) is 2.88. The van der Waals surface area contributed by atoms with Crippen LogP contribution in [0.2, 0.25) is 0 Å². The molecule has 2 rings (SSSR count). The number of likely N-dealkylation sites (tertiary alicyclic amines) is 1. The highest BCUT2D eigenvalue weighted by atomic mass is 16.4. The van der Waals surface area contributed by atoms with Gasteiger partial charge in [0.2, 0.25) is 5.82 Å². The monoisotopic (exact) mass is 254 g/mol. The highest BCUT2D eigenvalue weighted by Crippen LogP contribution is 2.19. The van der Waals surface area contributed by atoms with Gasteiger partial charge in [-0.2, -0.15) is 0 Å². The lowest BCUT2D eigenvalue weighted by Gasteiger charge is -2.19. The molecule has 8 heteroatoms. The number of carboxylic acids is 1. The summed E-state index contributed by atoms with van der Waals surface area (Å²) in [6.45, 7) is 1.85. The first-order chi connectivity index (χ1) is 8.52. The Morgan fingerprint density at radius 2 is 2.28 bits per heavy atom. The number of aliphatic carboxylic acids is 1. The van der Waals surface area contributed by atoms with Gasteiger partial charge in [-0.25, -0.2) is 9.78 Å². The number of aliphatic hydroxyl groups is 1. The Kier molecular flexibility index (Phi) is 3.28. The van der Waals surface area contributed by atoms with Gasteiger partial charge in [0.15, 0.2) is 0 Å². The molecule has 0 unspecified atom stereocenters. The minimum atomic E-state index is -1.13. The first-order valence-electron chi connectivity index (χ1n) is 5.66. The SMILES string of the molecule is CCc1nc(C(=O)N2C[C@H](O)C[C@H]2C(=O)O)n[nH]1. The molecule has 1 aliphatic heterocycles. The lowest BCUT2D eigenvalue weighted by Crippen LogP contribution is -2.41. The first kappa shape index (κ1) is 12.5. The summed E-state index contributed by atoms with van der Waals surface area (Å²) in [7, 11) is 0. The number of hydrogen-bond acceptors (Lipinski definition) is 5. The van der Waals surface area contributed by atoms with Crippen LogP contribution in [0.5, 0.6) is 0 Å². The van der Waals surface area contributed by atoms with Crippen molar-refractivity contribution in [1.29, 1.82) is 0 Å². The molecule has 0 spiro atoms. The van der Waals surface area contributed by atoms with Crippen LogP contribution in [0.4, 0.5) is 0 Å². The van der Waals surface area contributed by atoms with Gasteiger partial charge in [-0.15, -0.1) is 5.10 Å². The normalized spacial score (nSPS) is 23.3. The molecule has 0 saturated carbocycles. The molecule has 2 atom stereocenters. The molecule has 1 aromatic rings. The fourth-order valence-electron chi connectivity index (χ4n) is 1.95. The number of nitrogens with one attached hydrogen (secondary N) is 1. The average molecular weight is 254 g/mol. The van der Waals surface area contributed by atoms with E-state index in [1.165, 1.54) is 0 Å². The van der Waals surface area contributed by atoms with E-state index in [-0.39, 0.29) is 18.8 Å². The predicted octanol–water partition coefficient (Wildman–Crippen LogP) is -0.973. The van der Waals surface area contributed by atoms with E-state index in [0.29, 0.717) is 12.2 Å². The van der Waals surface area contributed by atoms with Crippen molar-refractivity contribution in [2.75, 3.05) is 6.54 Å². The summed E-state index contributed by atoms with van der Waals surface area (Å²) in [5.74, 6) is -1.21. The number of aromatic nitrogens is 3. The minimum Gasteiger partial charge on any atom is -0.480 e. The molecule has 1 fully saturated rings. The van der Waals surface area contributed by atoms with E-state index in [1.807, 2.05) is 6.92 Å². The zero-order valence-corrected chi connectivity index (χ0v) is 9.83. The van der Waals surface area contributed by atoms with Crippen molar-refractivity contribution in [1.82, 2.24) is 20.1 Å². The zero-order chi connectivity index (χ0) is 13.3. The molecule has 1 saturated heterocycles. The van der Waals surface area contributed by atoms with E-state index < -0.39 is 24.0 Å². The molecule has 0 aliphatic carbocycles. The van der Waals surface area contributed by atoms with E-state index in [9.17, 15) is 14.7 Å². The fourth-order valence-corrected chi connectivity index (χ4v) is 1.95. The van der Waals surface area contributed by atoms with Crippen LogP contribution in [-0.4, -0.2) is 60.9 Å². The molecule has 1 aromatic heterocycles. The summed E-state index contributed by atoms with van der Waals surface area (Å²) in [4.78, 5) is 28.1. The van der Waals surface area contributed by atoms with Gasteiger partial charge in [0.1, 0.15) is 11.9 Å². The third kappa shape index (κ3) is 2.19. The van der Waals surface area contributed by atoms with Gasteiger partial charge in [-0.3, -0.25) is 9.89 Å². The van der Waals surface area contributed by atoms with Crippen LogP contribution in [-0.2, 0) is 11.2 Å². The highest BCUT2D eigenvalue weighted by Gasteiger charge is 2.40. The Balaban J connectivity index is 2.19. The van der Waals surface area contributed by atoms with Crippen LogP contribution in [0, 0.1) is 0 Å². The summed E-state index contributed by atoms with van der Waals surface area (Å²) >= 11 is 0. The van der Waals surface area contributed by atoms with Gasteiger partial charge >= 0.3 is 5.97 Å². The van der Waals surface area contributed by atoms with Gasteiger partial charge in [0.05, 0.1) is 6.10 Å². The quantitative estimate of drug-likeness (QED) is 0.638. The molecule has 3 N–H and O–H groups in total. The molecule has 0 radical (unpaired) electrons. The Bertz CT molecular complexity index is 472. The maximum Gasteiger partial charge on any atom is 0.326 e. The van der Waals surface area contributed by atoms with Crippen molar-refractivity contribution in [2.24, 2.45) is 0 Å². The van der Waals surface area contributed by atoms with Gasteiger partial charge in [0, 0.05) is 19.4 Å². The van der Waals surface area contributed by atoms with E-state index >= 15 is 0 Å². The van der Waals surface area contributed by atoms with E-state index in [0.717, 1.165) is 4.90 Å². The van der Waals surface area contributed by atoms with E-state index in [1.54, 1.807) is 0 Å². The summed E-state index contributed by atoms with van der Waals surface area (Å²) in [6, 6.07) is -1.02. The number of H-pyrrole nitrogens is 1. The molecule has 1 aliphatic rings. The van der Waals surface area contributed by atoms with Crippen LogP contribution < -0.4 is 0 Å². The highest BCUT2D eigenvalue weighted by molar-refractivity contribution is 5.94. The number of aryl methyl sites for hydroxylation is 1. The number of β-amino-alcohol motifs (C(OH)–C–C–N with tert-alkyl or cyclic N) is 1. The molecule has 1 amide bonds. The number of aliphatic hydroxyl groups excluding tert-OH is 1. The van der Waals surface area contributed by atoms with Gasteiger partial charge in [0.25, 0.3) is 5.91 Å². The Morgan fingerprint density at radius 1 is 1.56 bits per heavy atom. The topological polar surface area (TPSA) is 119 Å². The molecule has 0 bridgehead atoms. The summed E-state index contributed by atoms with van der Waals surface area (Å²) in [5.41, 5.74) is 0. The Morgan fingerprint density at radius 3 is 2.83 bits per heavy atom. The summed E-state index contributed by atoms with van der Waals surface area (Å²) < 4.78 is 0. The lowest BCUT2D eigenvalue weighted by atomic mass is 10.2. The number of rotatable bonds is 3. The minimum absolute atomic E-state index is 0.00814. The average Bonchev–Trinajstić information content (AvgIpc) is 2.94. The fraction of sp³-hybridized carbons (Fsp3) is 0.600. The third-order valence-corrected chi connectivity index (χ3v) is 2.88. The summed E-state index contributed by atoms with van der Waals surface area (Å²) in [5, 5.41) is 24.8. The second kappa shape index (κ2) is 4.73. The first-order valence-corrected chi connectivity index (χ1v) is 5.66. The number of carboxylic acid groups (broad SMARTS) is 1. The molecule has 2 heterocycles. The zero-order valence-electron chi connectivity index (χ0n) is 9.83. The van der Waals surface area contributed by atoms with Gasteiger partial charge in [-0.1, -0.05) is 6.92 Å². The number of aromatic amines is 1. The van der Waals surface area contributed by atoms with E-state index in [4.69, 9.17) is 5.11 Å². The molecule has 98 valence electrons. The molecule has 8 nitrogen and oxygen atoms in total. The largest absolute Gasteiger partial charge is 0.480 e. The lowest BCUT2D eigenvalue weighted by molar-refractivity contribution is -0.141. The van der Waals surface area contributed by atoms with Gasteiger partial charge in [-0.05, 0) is 0 Å². The maximum absolute atomic E-state index is 12.0. The number of carbonyl (C=O) groups is 2. The van der Waals surface area contributed by atoms with Crippen molar-refractivity contribution in [3.8, 4) is 0 Å². The summed E-state index contributed by atoms with van der Waals surface area (Å²) in [6.07, 6.45) is -0.183. The van der Waals surface area contributed by atoms with Gasteiger partial charge < -0.3 is 15.1 Å². The van der Waals surface area contributed by atoms with Crippen molar-refractivity contribution in [3.63, 3.8) is 0 Å². The molecular formula is C10H14N4O4. The van der Waals surface area contributed by atoms with Crippen molar-refractivity contribution in [2.45, 2.75) is 31.9 Å². The second-order valence-corrected chi connectivity index (χ2v) is 4.16. The number of carbonyl (C=O) groups excluding carboxylic acids is 1. The Hall–Kier alpha value is -1.96.